The lowest BCUT2D eigenvalue weighted by molar-refractivity contribution is 0.146. The van der Waals surface area contributed by atoms with Crippen LogP contribution in [0.15, 0.2) is 35.5 Å². The highest BCUT2D eigenvalue weighted by molar-refractivity contribution is 14.0. The average molecular weight is 499 g/mol. The van der Waals surface area contributed by atoms with Crippen LogP contribution in [0.3, 0.4) is 0 Å². The predicted octanol–water partition coefficient (Wildman–Crippen LogP) is 3.02. The molecule has 1 heterocycles. The number of H-pyrrole nitrogens is 1. The summed E-state index contributed by atoms with van der Waals surface area (Å²) in [6.45, 7) is 3.61. The van der Waals surface area contributed by atoms with E-state index in [4.69, 9.17) is 4.74 Å². The molecule has 1 aromatic carbocycles. The standard InChI is InChI=1S/C20H29N5O2.HI/c1-3-27-20(26)25-18(14-8-9-14)13-24-19(21-2)22-11-10-15-12-23-17-7-5-4-6-16(15)17;/h4-7,12,14,18,23H,3,8-11,13H2,1-2H3,(H,25,26)(H2,21,22,24);1H. The predicted molar refractivity (Wildman–Crippen MR) is 123 cm³/mol. The number of carbonyl (C=O) groups is 1. The second kappa shape index (κ2) is 11.1. The Bertz CT molecular complexity index is 788. The van der Waals surface area contributed by atoms with Gasteiger partial charge in [0.1, 0.15) is 0 Å². The molecule has 7 nitrogen and oxygen atoms in total. The molecule has 1 atom stereocenters. The fraction of sp³-hybridized carbons (Fsp3) is 0.500. The minimum Gasteiger partial charge on any atom is -0.450 e. The molecule has 1 fully saturated rings. The van der Waals surface area contributed by atoms with E-state index >= 15 is 0 Å². The minimum atomic E-state index is -0.349. The molecule has 1 aliphatic rings. The summed E-state index contributed by atoms with van der Waals surface area (Å²) in [4.78, 5) is 19.3. The number of alkyl carbamates (subject to hydrolysis) is 1. The first-order valence-electron chi connectivity index (χ1n) is 9.64. The van der Waals surface area contributed by atoms with Gasteiger partial charge in [0.2, 0.25) is 0 Å². The number of para-hydroxylation sites is 1. The molecule has 1 unspecified atom stereocenters. The molecule has 4 N–H and O–H groups in total. The number of fused-ring (bicyclic) bond motifs is 1. The summed E-state index contributed by atoms with van der Waals surface area (Å²) in [7, 11) is 1.76. The SMILES string of the molecule is CCOC(=O)NC(CNC(=NC)NCCc1c[nH]c2ccccc12)C1CC1.I. The van der Waals surface area contributed by atoms with Crippen LogP contribution >= 0.6 is 24.0 Å². The van der Waals surface area contributed by atoms with E-state index in [0.717, 1.165) is 37.3 Å². The molecule has 1 amide bonds. The van der Waals surface area contributed by atoms with Crippen molar-refractivity contribution in [1.82, 2.24) is 20.9 Å². The fourth-order valence-corrected chi connectivity index (χ4v) is 3.24. The van der Waals surface area contributed by atoms with Crippen molar-refractivity contribution in [2.75, 3.05) is 26.7 Å². The van der Waals surface area contributed by atoms with Crippen molar-refractivity contribution in [2.24, 2.45) is 10.9 Å². The number of amides is 1. The number of aromatic amines is 1. The zero-order valence-electron chi connectivity index (χ0n) is 16.5. The van der Waals surface area contributed by atoms with Gasteiger partial charge in [0.25, 0.3) is 0 Å². The molecule has 8 heteroatoms. The molecule has 0 spiro atoms. The number of guanidine groups is 1. The molecule has 0 aliphatic heterocycles. The second-order valence-corrected chi connectivity index (χ2v) is 6.80. The molecule has 0 saturated heterocycles. The number of hydrogen-bond donors (Lipinski definition) is 4. The summed E-state index contributed by atoms with van der Waals surface area (Å²) in [6.07, 6.45) is 4.90. The van der Waals surface area contributed by atoms with E-state index in [0.29, 0.717) is 19.1 Å². The maximum atomic E-state index is 11.7. The van der Waals surface area contributed by atoms with Gasteiger partial charge in [-0.2, -0.15) is 0 Å². The third kappa shape index (κ3) is 6.29. The van der Waals surface area contributed by atoms with E-state index in [2.05, 4.69) is 50.3 Å². The van der Waals surface area contributed by atoms with Gasteiger partial charge in [0.05, 0.1) is 12.6 Å². The lowest BCUT2D eigenvalue weighted by Gasteiger charge is -2.20. The van der Waals surface area contributed by atoms with E-state index in [-0.39, 0.29) is 36.1 Å². The summed E-state index contributed by atoms with van der Waals surface area (Å²) in [6, 6.07) is 8.38. The van der Waals surface area contributed by atoms with Crippen LogP contribution in [-0.4, -0.2) is 49.8 Å². The van der Waals surface area contributed by atoms with Crippen molar-refractivity contribution < 1.29 is 9.53 Å². The molecule has 1 aromatic heterocycles. The Balaban J connectivity index is 0.00000280. The van der Waals surface area contributed by atoms with Gasteiger partial charge in [-0.25, -0.2) is 4.79 Å². The van der Waals surface area contributed by atoms with Crippen molar-refractivity contribution >= 4 is 46.9 Å². The third-order valence-corrected chi connectivity index (χ3v) is 4.84. The zero-order valence-corrected chi connectivity index (χ0v) is 18.8. The number of carbonyl (C=O) groups excluding carboxylic acids is 1. The monoisotopic (exact) mass is 499 g/mol. The van der Waals surface area contributed by atoms with Crippen LogP contribution in [0.25, 0.3) is 10.9 Å². The smallest absolute Gasteiger partial charge is 0.407 e. The van der Waals surface area contributed by atoms with Gasteiger partial charge in [-0.15, -0.1) is 24.0 Å². The molecule has 2 aromatic rings. The highest BCUT2D eigenvalue weighted by Gasteiger charge is 2.32. The minimum absolute atomic E-state index is 0. The van der Waals surface area contributed by atoms with E-state index < -0.39 is 0 Å². The molecule has 0 bridgehead atoms. The average Bonchev–Trinajstić information content (AvgIpc) is 3.44. The number of benzene rings is 1. The van der Waals surface area contributed by atoms with Crippen LogP contribution in [0.1, 0.15) is 25.3 Å². The van der Waals surface area contributed by atoms with Crippen molar-refractivity contribution in [3.05, 3.63) is 36.0 Å². The summed E-state index contributed by atoms with van der Waals surface area (Å²) in [5.41, 5.74) is 2.45. The van der Waals surface area contributed by atoms with Crippen LogP contribution in [0.2, 0.25) is 0 Å². The number of aromatic nitrogens is 1. The number of nitrogens with zero attached hydrogens (tertiary/aromatic N) is 1. The van der Waals surface area contributed by atoms with Crippen LogP contribution < -0.4 is 16.0 Å². The normalized spacial score (nSPS) is 14.9. The number of aliphatic imine (C=N–C) groups is 1. The molecule has 1 saturated carbocycles. The van der Waals surface area contributed by atoms with Crippen molar-refractivity contribution in [3.63, 3.8) is 0 Å². The van der Waals surface area contributed by atoms with Gasteiger partial charge >= 0.3 is 6.09 Å². The Morgan fingerprint density at radius 1 is 1.32 bits per heavy atom. The van der Waals surface area contributed by atoms with Crippen LogP contribution in [-0.2, 0) is 11.2 Å². The van der Waals surface area contributed by atoms with Gasteiger partial charge in [-0.3, -0.25) is 4.99 Å². The fourth-order valence-electron chi connectivity index (χ4n) is 3.24. The maximum Gasteiger partial charge on any atom is 0.407 e. The van der Waals surface area contributed by atoms with E-state index in [9.17, 15) is 4.79 Å². The molecule has 1 aliphatic carbocycles. The first kappa shape index (κ1) is 22.3. The molecular formula is C20H30IN5O2. The summed E-state index contributed by atoms with van der Waals surface area (Å²) < 4.78 is 5.00. The number of halogens is 1. The molecular weight excluding hydrogens is 469 g/mol. The van der Waals surface area contributed by atoms with Crippen molar-refractivity contribution in [2.45, 2.75) is 32.2 Å². The van der Waals surface area contributed by atoms with Crippen LogP contribution in [0.5, 0.6) is 0 Å². The topological polar surface area (TPSA) is 90.5 Å². The Hall–Kier alpha value is -1.97. The van der Waals surface area contributed by atoms with Gasteiger partial charge in [0, 0.05) is 37.2 Å². The highest BCUT2D eigenvalue weighted by atomic mass is 127. The maximum absolute atomic E-state index is 11.7. The number of rotatable bonds is 8. The van der Waals surface area contributed by atoms with E-state index in [1.54, 1.807) is 7.05 Å². The molecule has 3 rings (SSSR count). The van der Waals surface area contributed by atoms with Crippen molar-refractivity contribution in [1.29, 1.82) is 0 Å². The number of hydrogen-bond acceptors (Lipinski definition) is 3. The van der Waals surface area contributed by atoms with Gasteiger partial charge in [-0.1, -0.05) is 18.2 Å². The zero-order chi connectivity index (χ0) is 19.1. The summed E-state index contributed by atoms with van der Waals surface area (Å²) in [5, 5.41) is 10.9. The lowest BCUT2D eigenvalue weighted by Crippen LogP contribution is -2.48. The largest absolute Gasteiger partial charge is 0.450 e. The van der Waals surface area contributed by atoms with E-state index in [1.165, 1.54) is 10.9 Å². The van der Waals surface area contributed by atoms with Gasteiger partial charge < -0.3 is 25.7 Å². The molecule has 154 valence electrons. The Kier molecular flexibility index (Phi) is 8.88. The van der Waals surface area contributed by atoms with Crippen LogP contribution in [0, 0.1) is 5.92 Å². The van der Waals surface area contributed by atoms with Gasteiger partial charge in [-0.05, 0) is 43.7 Å². The third-order valence-electron chi connectivity index (χ3n) is 4.84. The first-order chi connectivity index (χ1) is 13.2. The number of nitrogens with one attached hydrogen (secondary N) is 4. The molecule has 28 heavy (non-hydrogen) atoms. The van der Waals surface area contributed by atoms with Crippen LogP contribution in [0.4, 0.5) is 4.79 Å². The summed E-state index contributed by atoms with van der Waals surface area (Å²) >= 11 is 0. The lowest BCUT2D eigenvalue weighted by atomic mass is 10.1. The Morgan fingerprint density at radius 2 is 2.11 bits per heavy atom. The number of ether oxygens (including phenoxy) is 1. The van der Waals surface area contributed by atoms with Crippen molar-refractivity contribution in [3.8, 4) is 0 Å². The quantitative estimate of drug-likeness (QED) is 0.256. The van der Waals surface area contributed by atoms with E-state index in [1.807, 2.05) is 13.0 Å². The Morgan fingerprint density at radius 3 is 2.82 bits per heavy atom. The Labute approximate surface area is 183 Å². The van der Waals surface area contributed by atoms with Gasteiger partial charge in [0.15, 0.2) is 5.96 Å². The summed E-state index contributed by atoms with van der Waals surface area (Å²) in [5.74, 6) is 1.26. The first-order valence-corrected chi connectivity index (χ1v) is 9.64. The molecule has 0 radical (unpaired) electrons. The highest BCUT2D eigenvalue weighted by Crippen LogP contribution is 2.32. The second-order valence-electron chi connectivity index (χ2n) is 6.80.